The fourth-order valence-corrected chi connectivity index (χ4v) is 5.37. The Bertz CT molecular complexity index is 1250. The highest BCUT2D eigenvalue weighted by Gasteiger charge is 2.48. The summed E-state index contributed by atoms with van der Waals surface area (Å²) in [5, 5.41) is 2.22. The third kappa shape index (κ3) is 5.00. The fourth-order valence-electron chi connectivity index (χ4n) is 5.37. The zero-order valence-corrected chi connectivity index (χ0v) is 21.0. The number of piperidine rings is 1. The summed E-state index contributed by atoms with van der Waals surface area (Å²) < 4.78 is 26.7. The summed E-state index contributed by atoms with van der Waals surface area (Å²) >= 11 is 0. The van der Waals surface area contributed by atoms with E-state index in [2.05, 4.69) is 10.2 Å². The number of imide groups is 1. The molecule has 3 heterocycles. The highest BCUT2D eigenvalue weighted by atomic mass is 19.1. The van der Waals surface area contributed by atoms with Gasteiger partial charge >= 0.3 is 0 Å². The van der Waals surface area contributed by atoms with E-state index in [1.807, 2.05) is 19.9 Å². The number of amides is 3. The van der Waals surface area contributed by atoms with E-state index in [0.717, 1.165) is 18.7 Å². The molecule has 0 aliphatic carbocycles. The van der Waals surface area contributed by atoms with Gasteiger partial charge in [0.15, 0.2) is 0 Å². The van der Waals surface area contributed by atoms with E-state index in [-0.39, 0.29) is 44.0 Å². The highest BCUT2D eigenvalue weighted by Crippen LogP contribution is 2.37. The van der Waals surface area contributed by atoms with Crippen molar-refractivity contribution in [3.8, 4) is 5.75 Å². The number of rotatable bonds is 6. The number of nitrogens with zero attached hydrogens (tertiary/aromatic N) is 2. The van der Waals surface area contributed by atoms with E-state index >= 15 is 0 Å². The van der Waals surface area contributed by atoms with Crippen molar-refractivity contribution < 1.29 is 28.2 Å². The normalized spacial score (nSPS) is 26.2. The predicted octanol–water partition coefficient (Wildman–Crippen LogP) is 2.27. The lowest BCUT2D eigenvalue weighted by Gasteiger charge is -2.40. The Balaban J connectivity index is 1.27. The second kappa shape index (κ2) is 9.91. The van der Waals surface area contributed by atoms with Gasteiger partial charge in [-0.05, 0) is 44.0 Å². The molecule has 2 aromatic rings. The largest absolute Gasteiger partial charge is 0.488 e. The van der Waals surface area contributed by atoms with E-state index in [0.29, 0.717) is 29.0 Å². The SMILES string of the molecule is [B]C1(N2Cc3c(OCc4ccc(CN5CC(C)OC(C)C5)cc4F)cccc3C2=O)CCC(=O)NC1=O. The first-order chi connectivity index (χ1) is 17.6. The average molecular weight is 505 g/mol. The summed E-state index contributed by atoms with van der Waals surface area (Å²) in [6.07, 6.45) is 0.361. The molecule has 2 aromatic carbocycles. The molecule has 2 saturated heterocycles. The van der Waals surface area contributed by atoms with Crippen molar-refractivity contribution in [2.75, 3.05) is 13.1 Å². The molecule has 3 atom stereocenters. The minimum Gasteiger partial charge on any atom is -0.488 e. The first-order valence-corrected chi connectivity index (χ1v) is 12.5. The Labute approximate surface area is 216 Å². The number of nitrogens with one attached hydrogen (secondary N) is 1. The van der Waals surface area contributed by atoms with Crippen LogP contribution in [0.4, 0.5) is 4.39 Å². The van der Waals surface area contributed by atoms with Crippen molar-refractivity contribution in [2.45, 2.75) is 64.0 Å². The third-order valence-electron chi connectivity index (χ3n) is 7.19. The average Bonchev–Trinajstić information content (AvgIpc) is 3.18. The van der Waals surface area contributed by atoms with Gasteiger partial charge in [0.05, 0.1) is 24.2 Å². The lowest BCUT2D eigenvalue weighted by atomic mass is 9.70. The molecular formula is C27H29BFN3O5. The number of ether oxygens (including phenoxy) is 2. The molecule has 1 N–H and O–H groups in total. The molecule has 5 rings (SSSR count). The maximum atomic E-state index is 15.0. The molecule has 3 aliphatic rings. The quantitative estimate of drug-likeness (QED) is 0.479. The van der Waals surface area contributed by atoms with Crippen molar-refractivity contribution >= 4 is 25.6 Å². The van der Waals surface area contributed by atoms with Gasteiger partial charge < -0.3 is 14.4 Å². The standard InChI is InChI=1S/C27H29BFN3O5/c1-16-11-31(12-17(2)37-16)13-18-6-7-19(22(29)10-18)15-36-23-5-3-4-20-21(23)14-32(25(20)34)27(28)9-8-24(33)30-26(27)35/h3-7,10,16-17H,8-9,11-15H2,1-2H3,(H,30,33,35). The third-order valence-corrected chi connectivity index (χ3v) is 7.19. The smallest absolute Gasteiger partial charge is 0.254 e. The first-order valence-electron chi connectivity index (χ1n) is 12.5. The number of halogens is 1. The summed E-state index contributed by atoms with van der Waals surface area (Å²) in [6, 6.07) is 10.2. The summed E-state index contributed by atoms with van der Waals surface area (Å²) in [6.45, 7) is 6.34. The lowest BCUT2D eigenvalue weighted by molar-refractivity contribution is -0.138. The van der Waals surface area contributed by atoms with Gasteiger partial charge in [-0.15, -0.1) is 0 Å². The number of carbonyl (C=O) groups excluding carboxylic acids is 3. The zero-order valence-electron chi connectivity index (χ0n) is 21.0. The molecule has 3 amide bonds. The van der Waals surface area contributed by atoms with Crippen LogP contribution in [0.2, 0.25) is 0 Å². The molecule has 3 unspecified atom stereocenters. The Morgan fingerprint density at radius 2 is 1.92 bits per heavy atom. The van der Waals surface area contributed by atoms with Crippen molar-refractivity contribution in [2.24, 2.45) is 0 Å². The van der Waals surface area contributed by atoms with Crippen molar-refractivity contribution in [1.29, 1.82) is 0 Å². The maximum absolute atomic E-state index is 15.0. The number of benzene rings is 2. The zero-order chi connectivity index (χ0) is 26.3. The Morgan fingerprint density at radius 1 is 1.16 bits per heavy atom. The van der Waals surface area contributed by atoms with Crippen LogP contribution in [0.3, 0.4) is 0 Å². The molecule has 0 aromatic heterocycles. The van der Waals surface area contributed by atoms with Crippen LogP contribution in [-0.4, -0.2) is 66.1 Å². The van der Waals surface area contributed by atoms with Gasteiger partial charge in [-0.1, -0.05) is 18.2 Å². The molecule has 192 valence electrons. The molecule has 10 heteroatoms. The van der Waals surface area contributed by atoms with Crippen LogP contribution in [0.5, 0.6) is 5.75 Å². The van der Waals surface area contributed by atoms with Gasteiger partial charge in [0.25, 0.3) is 5.91 Å². The van der Waals surface area contributed by atoms with Crippen LogP contribution in [0.15, 0.2) is 36.4 Å². The number of carbonyl (C=O) groups is 3. The molecule has 3 aliphatic heterocycles. The van der Waals surface area contributed by atoms with Gasteiger partial charge in [-0.3, -0.25) is 24.6 Å². The minimum absolute atomic E-state index is 0.0227. The molecule has 8 nitrogen and oxygen atoms in total. The van der Waals surface area contributed by atoms with E-state index in [4.69, 9.17) is 17.3 Å². The van der Waals surface area contributed by atoms with Crippen LogP contribution >= 0.6 is 0 Å². The highest BCUT2D eigenvalue weighted by molar-refractivity contribution is 6.32. The van der Waals surface area contributed by atoms with Gasteiger partial charge in [0.2, 0.25) is 11.8 Å². The predicted molar refractivity (Wildman–Crippen MR) is 133 cm³/mol. The van der Waals surface area contributed by atoms with Crippen molar-refractivity contribution in [3.63, 3.8) is 0 Å². The van der Waals surface area contributed by atoms with E-state index in [1.165, 1.54) is 11.0 Å². The number of morpholine rings is 1. The van der Waals surface area contributed by atoms with Crippen LogP contribution in [0.1, 0.15) is 53.7 Å². The van der Waals surface area contributed by atoms with Gasteiger partial charge in [0.1, 0.15) is 26.0 Å². The molecule has 2 radical (unpaired) electrons. The van der Waals surface area contributed by atoms with Crippen LogP contribution < -0.4 is 10.1 Å². The summed E-state index contributed by atoms with van der Waals surface area (Å²) in [5.41, 5.74) is 0.597. The van der Waals surface area contributed by atoms with E-state index in [9.17, 15) is 18.8 Å². The van der Waals surface area contributed by atoms with Crippen molar-refractivity contribution in [1.82, 2.24) is 15.1 Å². The summed E-state index contributed by atoms with van der Waals surface area (Å²) in [4.78, 5) is 40.7. The molecule has 37 heavy (non-hydrogen) atoms. The second-order valence-electron chi connectivity index (χ2n) is 10.1. The minimum atomic E-state index is -1.63. The monoisotopic (exact) mass is 505 g/mol. The van der Waals surface area contributed by atoms with Crippen LogP contribution in [-0.2, 0) is 34.0 Å². The maximum Gasteiger partial charge on any atom is 0.254 e. The Hall–Kier alpha value is -3.24. The van der Waals surface area contributed by atoms with E-state index in [1.54, 1.807) is 24.3 Å². The first kappa shape index (κ1) is 25.4. The second-order valence-corrected chi connectivity index (χ2v) is 10.1. The molecule has 0 saturated carbocycles. The number of fused-ring (bicyclic) bond motifs is 1. The summed E-state index contributed by atoms with van der Waals surface area (Å²) in [7, 11) is 6.31. The molecular weight excluding hydrogens is 476 g/mol. The van der Waals surface area contributed by atoms with Gasteiger partial charge in [-0.2, -0.15) is 0 Å². The van der Waals surface area contributed by atoms with E-state index < -0.39 is 23.2 Å². The topological polar surface area (TPSA) is 88.2 Å². The van der Waals surface area contributed by atoms with Crippen LogP contribution in [0, 0.1) is 5.82 Å². The molecule has 0 spiro atoms. The lowest BCUT2D eigenvalue weighted by Crippen LogP contribution is -2.63. The van der Waals surface area contributed by atoms with Crippen molar-refractivity contribution in [3.05, 3.63) is 64.5 Å². The Kier molecular flexibility index (Phi) is 6.81. The molecule has 2 fully saturated rings. The molecule has 0 bridgehead atoms. The summed E-state index contributed by atoms with van der Waals surface area (Å²) in [5.74, 6) is -1.46. The Morgan fingerprint density at radius 3 is 2.62 bits per heavy atom. The van der Waals surface area contributed by atoms with Gasteiger partial charge in [0, 0.05) is 42.7 Å². The van der Waals surface area contributed by atoms with Gasteiger partial charge in [-0.25, -0.2) is 4.39 Å². The number of hydrogen-bond acceptors (Lipinski definition) is 6. The fraction of sp³-hybridized carbons (Fsp3) is 0.444. The number of hydrogen-bond donors (Lipinski definition) is 1. The van der Waals surface area contributed by atoms with Crippen LogP contribution in [0.25, 0.3) is 0 Å².